The SMILES string of the molecule is NS(=O)(=O)c1ccc(Oc2ccc(I)cc2)c(Br)c1. The molecular weight excluding hydrogens is 445 g/mol. The Morgan fingerprint density at radius 3 is 2.26 bits per heavy atom. The summed E-state index contributed by atoms with van der Waals surface area (Å²) in [4.78, 5) is 0.0364. The van der Waals surface area contributed by atoms with Crippen LogP contribution in [0.25, 0.3) is 0 Å². The molecule has 2 N–H and O–H groups in total. The summed E-state index contributed by atoms with van der Waals surface area (Å²) in [6.45, 7) is 0. The monoisotopic (exact) mass is 453 g/mol. The molecule has 0 unspecified atom stereocenters. The number of rotatable bonds is 3. The molecule has 2 aromatic carbocycles. The van der Waals surface area contributed by atoms with Gasteiger partial charge >= 0.3 is 0 Å². The van der Waals surface area contributed by atoms with Crippen molar-refractivity contribution in [3.63, 3.8) is 0 Å². The van der Waals surface area contributed by atoms with E-state index in [2.05, 4.69) is 38.5 Å². The van der Waals surface area contributed by atoms with Crippen LogP contribution in [0.2, 0.25) is 0 Å². The van der Waals surface area contributed by atoms with Crippen molar-refractivity contribution in [3.8, 4) is 11.5 Å². The Labute approximate surface area is 133 Å². The van der Waals surface area contributed by atoms with E-state index in [4.69, 9.17) is 9.88 Å². The number of sulfonamides is 1. The van der Waals surface area contributed by atoms with Crippen LogP contribution in [0.4, 0.5) is 0 Å². The first-order chi connectivity index (χ1) is 8.86. The molecule has 0 saturated carbocycles. The summed E-state index contributed by atoms with van der Waals surface area (Å²) < 4.78 is 29.7. The number of halogens is 2. The van der Waals surface area contributed by atoms with Crippen molar-refractivity contribution in [3.05, 3.63) is 50.5 Å². The van der Waals surface area contributed by atoms with Crippen molar-refractivity contribution in [2.24, 2.45) is 5.14 Å². The van der Waals surface area contributed by atoms with Gasteiger partial charge < -0.3 is 4.74 Å². The lowest BCUT2D eigenvalue weighted by atomic mass is 10.3. The Morgan fingerprint density at radius 2 is 1.74 bits per heavy atom. The number of hydrogen-bond acceptors (Lipinski definition) is 3. The Balaban J connectivity index is 2.29. The number of primary sulfonamides is 1. The van der Waals surface area contributed by atoms with Gasteiger partial charge in [0.25, 0.3) is 0 Å². The fourth-order valence-corrected chi connectivity index (χ4v) is 2.88. The van der Waals surface area contributed by atoms with Crippen molar-refractivity contribution >= 4 is 48.5 Å². The molecule has 0 aliphatic carbocycles. The Morgan fingerprint density at radius 1 is 1.11 bits per heavy atom. The van der Waals surface area contributed by atoms with Crippen LogP contribution < -0.4 is 9.88 Å². The maximum absolute atomic E-state index is 11.2. The van der Waals surface area contributed by atoms with Gasteiger partial charge in [-0.1, -0.05) is 0 Å². The molecule has 0 aliphatic rings. The van der Waals surface area contributed by atoms with Gasteiger partial charge in [-0.15, -0.1) is 0 Å². The highest BCUT2D eigenvalue weighted by molar-refractivity contribution is 14.1. The van der Waals surface area contributed by atoms with Crippen molar-refractivity contribution < 1.29 is 13.2 Å². The summed E-state index contributed by atoms with van der Waals surface area (Å²) in [5.74, 6) is 1.19. The molecule has 0 radical (unpaired) electrons. The topological polar surface area (TPSA) is 69.4 Å². The average Bonchev–Trinajstić information content (AvgIpc) is 2.33. The predicted molar refractivity (Wildman–Crippen MR) is 84.7 cm³/mol. The Kier molecular flexibility index (Phi) is 4.49. The average molecular weight is 454 g/mol. The third-order valence-corrected chi connectivity index (χ3v) is 4.52. The molecule has 4 nitrogen and oxygen atoms in total. The summed E-state index contributed by atoms with van der Waals surface area (Å²) in [6.07, 6.45) is 0. The van der Waals surface area contributed by atoms with E-state index in [1.807, 2.05) is 24.3 Å². The van der Waals surface area contributed by atoms with E-state index in [1.54, 1.807) is 6.07 Å². The second-order valence-corrected chi connectivity index (χ2v) is 7.35. The van der Waals surface area contributed by atoms with E-state index < -0.39 is 10.0 Å². The first-order valence-electron chi connectivity index (χ1n) is 5.12. The fourth-order valence-electron chi connectivity index (χ4n) is 1.37. The largest absolute Gasteiger partial charge is 0.456 e. The predicted octanol–water partition coefficient (Wildman–Crippen LogP) is 3.49. The summed E-state index contributed by atoms with van der Waals surface area (Å²) in [7, 11) is -3.71. The van der Waals surface area contributed by atoms with Gasteiger partial charge in [0.15, 0.2) is 0 Å². The number of benzene rings is 2. The van der Waals surface area contributed by atoms with Crippen LogP contribution in [-0.2, 0) is 10.0 Å². The van der Waals surface area contributed by atoms with Gasteiger partial charge in [-0.2, -0.15) is 0 Å². The van der Waals surface area contributed by atoms with Crippen molar-refractivity contribution in [1.29, 1.82) is 0 Å². The third-order valence-electron chi connectivity index (χ3n) is 2.27. The molecular formula is C12H9BrINO3S. The second kappa shape index (κ2) is 5.78. The normalized spacial score (nSPS) is 11.3. The molecule has 0 saturated heterocycles. The lowest BCUT2D eigenvalue weighted by Crippen LogP contribution is -2.11. The van der Waals surface area contributed by atoms with Crippen LogP contribution >= 0.6 is 38.5 Å². The van der Waals surface area contributed by atoms with E-state index in [0.29, 0.717) is 16.0 Å². The zero-order chi connectivity index (χ0) is 14.0. The van der Waals surface area contributed by atoms with Crippen LogP contribution in [0.1, 0.15) is 0 Å². The van der Waals surface area contributed by atoms with Gasteiger partial charge in [0.2, 0.25) is 10.0 Å². The molecule has 0 amide bonds. The molecule has 0 aromatic heterocycles. The van der Waals surface area contributed by atoms with Gasteiger partial charge in [0.05, 0.1) is 9.37 Å². The minimum atomic E-state index is -3.71. The molecule has 0 spiro atoms. The van der Waals surface area contributed by atoms with Gasteiger partial charge in [-0.25, -0.2) is 13.6 Å². The van der Waals surface area contributed by atoms with E-state index >= 15 is 0 Å². The summed E-state index contributed by atoms with van der Waals surface area (Å²) >= 11 is 5.47. The Hall–Kier alpha value is -0.640. The van der Waals surface area contributed by atoms with Crippen LogP contribution in [0.3, 0.4) is 0 Å². The van der Waals surface area contributed by atoms with Gasteiger partial charge in [0.1, 0.15) is 11.5 Å². The minimum absolute atomic E-state index is 0.0364. The molecule has 2 rings (SSSR count). The third kappa shape index (κ3) is 3.91. The number of hydrogen-bond donors (Lipinski definition) is 1. The molecule has 100 valence electrons. The molecule has 0 aliphatic heterocycles. The highest BCUT2D eigenvalue weighted by Gasteiger charge is 2.11. The molecule has 0 bridgehead atoms. The van der Waals surface area contributed by atoms with Crippen molar-refractivity contribution in [1.82, 2.24) is 0 Å². The van der Waals surface area contributed by atoms with Gasteiger partial charge in [-0.05, 0) is 81.0 Å². The highest BCUT2D eigenvalue weighted by atomic mass is 127. The standard InChI is InChI=1S/C12H9BrINO3S/c13-11-7-10(19(15,16)17)5-6-12(11)18-9-3-1-8(14)2-4-9/h1-7H,(H2,15,16,17). The maximum Gasteiger partial charge on any atom is 0.238 e. The van der Waals surface area contributed by atoms with E-state index in [9.17, 15) is 8.42 Å². The first-order valence-corrected chi connectivity index (χ1v) is 8.54. The zero-order valence-electron chi connectivity index (χ0n) is 9.51. The number of nitrogens with two attached hydrogens (primary N) is 1. The van der Waals surface area contributed by atoms with Crippen molar-refractivity contribution in [2.75, 3.05) is 0 Å². The number of ether oxygens (including phenoxy) is 1. The minimum Gasteiger partial charge on any atom is -0.456 e. The highest BCUT2D eigenvalue weighted by Crippen LogP contribution is 2.31. The molecule has 0 heterocycles. The van der Waals surface area contributed by atoms with Crippen LogP contribution in [0, 0.1) is 3.57 Å². The molecule has 7 heteroatoms. The van der Waals surface area contributed by atoms with E-state index in [1.165, 1.54) is 12.1 Å². The van der Waals surface area contributed by atoms with Crippen molar-refractivity contribution in [2.45, 2.75) is 4.90 Å². The second-order valence-electron chi connectivity index (χ2n) is 3.69. The lowest BCUT2D eigenvalue weighted by molar-refractivity contribution is 0.479. The summed E-state index contributed by atoms with van der Waals surface area (Å²) in [5.41, 5.74) is 0. The van der Waals surface area contributed by atoms with E-state index in [-0.39, 0.29) is 4.90 Å². The summed E-state index contributed by atoms with van der Waals surface area (Å²) in [6, 6.07) is 11.9. The molecule has 0 fully saturated rings. The van der Waals surface area contributed by atoms with Gasteiger partial charge in [0, 0.05) is 3.57 Å². The van der Waals surface area contributed by atoms with Crippen LogP contribution in [0.5, 0.6) is 11.5 Å². The molecule has 19 heavy (non-hydrogen) atoms. The van der Waals surface area contributed by atoms with Crippen LogP contribution in [0.15, 0.2) is 51.8 Å². The summed E-state index contributed by atoms with van der Waals surface area (Å²) in [5, 5.41) is 5.05. The Bertz CT molecular complexity index is 701. The first kappa shape index (κ1) is 14.8. The van der Waals surface area contributed by atoms with E-state index in [0.717, 1.165) is 3.57 Å². The zero-order valence-corrected chi connectivity index (χ0v) is 14.1. The quantitative estimate of drug-likeness (QED) is 0.723. The molecule has 2 aromatic rings. The molecule has 0 atom stereocenters. The lowest BCUT2D eigenvalue weighted by Gasteiger charge is -2.08. The van der Waals surface area contributed by atoms with Crippen LogP contribution in [-0.4, -0.2) is 8.42 Å². The maximum atomic E-state index is 11.2. The smallest absolute Gasteiger partial charge is 0.238 e. The van der Waals surface area contributed by atoms with Gasteiger partial charge in [-0.3, -0.25) is 0 Å². The fraction of sp³-hybridized carbons (Fsp3) is 0.